The van der Waals surface area contributed by atoms with Crippen molar-refractivity contribution in [2.24, 2.45) is 0 Å². The Morgan fingerprint density at radius 3 is 3.00 bits per heavy atom. The maximum Gasteiger partial charge on any atom is 0.243 e. The number of allylic oxidation sites excluding steroid dienone is 1. The molecule has 0 spiro atoms. The third-order valence-electron chi connectivity index (χ3n) is 2.38. The largest absolute Gasteiger partial charge is 0.493 e. The highest BCUT2D eigenvalue weighted by molar-refractivity contribution is 5.55. The van der Waals surface area contributed by atoms with Gasteiger partial charge in [0.2, 0.25) is 18.2 Å². The molecule has 90 valence electrons. The van der Waals surface area contributed by atoms with Crippen molar-refractivity contribution in [3.05, 3.63) is 40.1 Å². The van der Waals surface area contributed by atoms with Crippen LogP contribution in [0.15, 0.2) is 24.4 Å². The van der Waals surface area contributed by atoms with Crippen LogP contribution in [0, 0.1) is 10.1 Å². The molecular formula is C11H11NO5. The van der Waals surface area contributed by atoms with Gasteiger partial charge >= 0.3 is 0 Å². The Labute approximate surface area is 97.6 Å². The molecule has 0 saturated carbocycles. The Morgan fingerprint density at radius 2 is 2.35 bits per heavy atom. The maximum absolute atomic E-state index is 10.5. The monoisotopic (exact) mass is 237 g/mol. The Kier molecular flexibility index (Phi) is 2.86. The first kappa shape index (κ1) is 11.3. The normalized spacial score (nSPS) is 12.3. The molecular weight excluding hydrogens is 226 g/mol. The van der Waals surface area contributed by atoms with Crippen molar-refractivity contribution in [3.63, 3.8) is 0 Å². The summed E-state index contributed by atoms with van der Waals surface area (Å²) in [5.74, 6) is 1.57. The van der Waals surface area contributed by atoms with Crippen molar-refractivity contribution in [1.82, 2.24) is 0 Å². The molecule has 1 aliphatic rings. The van der Waals surface area contributed by atoms with Gasteiger partial charge in [0.15, 0.2) is 11.5 Å². The number of hydrogen-bond acceptors (Lipinski definition) is 5. The fourth-order valence-corrected chi connectivity index (χ4v) is 1.59. The minimum Gasteiger partial charge on any atom is -0.493 e. The van der Waals surface area contributed by atoms with E-state index >= 15 is 0 Å². The molecule has 0 N–H and O–H groups in total. The van der Waals surface area contributed by atoms with Gasteiger partial charge in [0, 0.05) is 0 Å². The lowest BCUT2D eigenvalue weighted by molar-refractivity contribution is -0.426. The van der Waals surface area contributed by atoms with Crippen molar-refractivity contribution in [3.8, 4) is 17.2 Å². The van der Waals surface area contributed by atoms with E-state index in [1.807, 2.05) is 0 Å². The Hall–Kier alpha value is -2.24. The summed E-state index contributed by atoms with van der Waals surface area (Å²) in [5.41, 5.74) is 0.624. The third kappa shape index (κ3) is 2.15. The fourth-order valence-electron chi connectivity index (χ4n) is 1.59. The van der Waals surface area contributed by atoms with E-state index in [9.17, 15) is 10.1 Å². The zero-order valence-electron chi connectivity index (χ0n) is 9.26. The minimum atomic E-state index is -0.503. The van der Waals surface area contributed by atoms with Crippen LogP contribution in [0.3, 0.4) is 0 Å². The average molecular weight is 237 g/mol. The molecule has 0 amide bonds. The molecule has 0 fully saturated rings. The number of methoxy groups -OCH3 is 1. The predicted octanol–water partition coefficient (Wildman–Crippen LogP) is 1.76. The van der Waals surface area contributed by atoms with Crippen LogP contribution in [0.1, 0.15) is 5.56 Å². The summed E-state index contributed by atoms with van der Waals surface area (Å²) < 4.78 is 15.6. The van der Waals surface area contributed by atoms with Crippen LogP contribution in [-0.2, 0) is 6.42 Å². The molecule has 0 radical (unpaired) electrons. The quantitative estimate of drug-likeness (QED) is 0.589. The fraction of sp³-hybridized carbons (Fsp3) is 0.273. The van der Waals surface area contributed by atoms with Gasteiger partial charge in [0.1, 0.15) is 0 Å². The lowest BCUT2D eigenvalue weighted by atomic mass is 10.1. The zero-order valence-corrected chi connectivity index (χ0v) is 9.26. The molecule has 2 rings (SSSR count). The van der Waals surface area contributed by atoms with E-state index in [4.69, 9.17) is 14.2 Å². The molecule has 0 bridgehead atoms. The number of fused-ring (bicyclic) bond motifs is 1. The number of nitro groups is 1. The molecule has 0 aliphatic carbocycles. The van der Waals surface area contributed by atoms with Crippen LogP contribution < -0.4 is 14.2 Å². The summed E-state index contributed by atoms with van der Waals surface area (Å²) >= 11 is 0. The standard InChI is InChI=1S/C11H11NO5/c1-7(12(13)14)3-8-4-9(15-2)11-10(5-8)16-6-17-11/h4-5H,1,3,6H2,2H3. The van der Waals surface area contributed by atoms with Crippen molar-refractivity contribution in [2.45, 2.75) is 6.42 Å². The van der Waals surface area contributed by atoms with Crippen molar-refractivity contribution in [2.75, 3.05) is 13.9 Å². The smallest absolute Gasteiger partial charge is 0.243 e. The van der Waals surface area contributed by atoms with E-state index < -0.39 is 4.92 Å². The van der Waals surface area contributed by atoms with Crippen molar-refractivity contribution >= 4 is 0 Å². The molecule has 6 nitrogen and oxygen atoms in total. The molecule has 1 aromatic carbocycles. The molecule has 1 aliphatic heterocycles. The van der Waals surface area contributed by atoms with Gasteiger partial charge in [0.05, 0.1) is 18.5 Å². The van der Waals surface area contributed by atoms with Crippen LogP contribution >= 0.6 is 0 Å². The summed E-state index contributed by atoms with van der Waals surface area (Å²) in [7, 11) is 1.50. The third-order valence-corrected chi connectivity index (χ3v) is 2.38. The summed E-state index contributed by atoms with van der Waals surface area (Å²) in [5, 5.41) is 10.5. The highest BCUT2D eigenvalue weighted by atomic mass is 16.7. The number of hydrogen-bond donors (Lipinski definition) is 0. The van der Waals surface area contributed by atoms with Gasteiger partial charge in [-0.2, -0.15) is 0 Å². The maximum atomic E-state index is 10.5. The van der Waals surface area contributed by atoms with E-state index in [-0.39, 0.29) is 18.9 Å². The van der Waals surface area contributed by atoms with Crippen LogP contribution in [0.25, 0.3) is 0 Å². The summed E-state index contributed by atoms with van der Waals surface area (Å²) in [6.07, 6.45) is 0.139. The van der Waals surface area contributed by atoms with Crippen LogP contribution in [-0.4, -0.2) is 18.8 Å². The summed E-state index contributed by atoms with van der Waals surface area (Å²) in [4.78, 5) is 10.0. The van der Waals surface area contributed by atoms with Crippen LogP contribution in [0.2, 0.25) is 0 Å². The Morgan fingerprint density at radius 1 is 1.59 bits per heavy atom. The molecule has 1 aromatic rings. The second kappa shape index (κ2) is 4.32. The average Bonchev–Trinajstić information content (AvgIpc) is 2.75. The van der Waals surface area contributed by atoms with Gasteiger partial charge in [-0.25, -0.2) is 0 Å². The van der Waals surface area contributed by atoms with Gasteiger partial charge in [0.25, 0.3) is 0 Å². The highest BCUT2D eigenvalue weighted by Crippen LogP contribution is 2.42. The van der Waals surface area contributed by atoms with Gasteiger partial charge < -0.3 is 14.2 Å². The van der Waals surface area contributed by atoms with E-state index in [1.165, 1.54) is 7.11 Å². The van der Waals surface area contributed by atoms with E-state index in [2.05, 4.69) is 6.58 Å². The van der Waals surface area contributed by atoms with E-state index in [0.717, 1.165) is 0 Å². The van der Waals surface area contributed by atoms with Gasteiger partial charge in [-0.1, -0.05) is 0 Å². The van der Waals surface area contributed by atoms with Crippen LogP contribution in [0.5, 0.6) is 17.2 Å². The van der Waals surface area contributed by atoms with Crippen molar-refractivity contribution in [1.29, 1.82) is 0 Å². The second-order valence-corrected chi connectivity index (χ2v) is 3.53. The highest BCUT2D eigenvalue weighted by Gasteiger charge is 2.21. The van der Waals surface area contributed by atoms with Gasteiger partial charge in [-0.3, -0.25) is 10.1 Å². The zero-order chi connectivity index (χ0) is 12.4. The predicted molar refractivity (Wildman–Crippen MR) is 59.0 cm³/mol. The SMILES string of the molecule is C=C(Cc1cc(OC)c2c(c1)OCO2)[N+](=O)[O-]. The van der Waals surface area contributed by atoms with E-state index in [0.29, 0.717) is 22.8 Å². The molecule has 17 heavy (non-hydrogen) atoms. The lowest BCUT2D eigenvalue weighted by Crippen LogP contribution is -2.01. The van der Waals surface area contributed by atoms with Gasteiger partial charge in [-0.05, 0) is 24.3 Å². The molecule has 0 unspecified atom stereocenters. The topological polar surface area (TPSA) is 70.8 Å². The Balaban J connectivity index is 2.30. The van der Waals surface area contributed by atoms with Gasteiger partial charge in [-0.15, -0.1) is 0 Å². The first-order valence-electron chi connectivity index (χ1n) is 4.90. The lowest BCUT2D eigenvalue weighted by Gasteiger charge is -2.07. The van der Waals surface area contributed by atoms with E-state index in [1.54, 1.807) is 12.1 Å². The summed E-state index contributed by atoms with van der Waals surface area (Å²) in [6, 6.07) is 3.38. The summed E-state index contributed by atoms with van der Waals surface area (Å²) in [6.45, 7) is 3.52. The number of nitrogens with zero attached hydrogens (tertiary/aromatic N) is 1. The molecule has 0 atom stereocenters. The second-order valence-electron chi connectivity index (χ2n) is 3.53. The number of benzene rings is 1. The first-order chi connectivity index (χ1) is 8.11. The van der Waals surface area contributed by atoms with Crippen LogP contribution in [0.4, 0.5) is 0 Å². The van der Waals surface area contributed by atoms with Crippen molar-refractivity contribution < 1.29 is 19.1 Å². The minimum absolute atomic E-state index is 0.0779. The number of rotatable bonds is 4. The molecule has 6 heteroatoms. The molecule has 0 saturated heterocycles. The molecule has 0 aromatic heterocycles. The number of ether oxygens (including phenoxy) is 3. The first-order valence-corrected chi connectivity index (χ1v) is 4.90. The molecule has 1 heterocycles. The Bertz CT molecular complexity index is 483.